The van der Waals surface area contributed by atoms with Gasteiger partial charge in [0.15, 0.2) is 0 Å². The number of hydrogen-bond donors (Lipinski definition) is 0. The molecule has 0 spiro atoms. The number of aromatic nitrogens is 2. The van der Waals surface area contributed by atoms with Gasteiger partial charge in [-0.3, -0.25) is 4.90 Å². The summed E-state index contributed by atoms with van der Waals surface area (Å²) in [6, 6.07) is 10.6. The van der Waals surface area contributed by atoms with E-state index in [4.69, 9.17) is 16.3 Å². The lowest BCUT2D eigenvalue weighted by atomic mass is 10.1. The van der Waals surface area contributed by atoms with Crippen LogP contribution in [0.2, 0.25) is 5.28 Å². The van der Waals surface area contributed by atoms with Crippen LogP contribution in [-0.4, -0.2) is 70.7 Å². The molecule has 172 valence electrons. The van der Waals surface area contributed by atoms with Gasteiger partial charge in [0.25, 0.3) is 0 Å². The third-order valence-corrected chi connectivity index (χ3v) is 6.04. The summed E-state index contributed by atoms with van der Waals surface area (Å²) in [7, 11) is 0. The average molecular weight is 458 g/mol. The smallest absolute Gasteiger partial charge is 0.410 e. The van der Waals surface area contributed by atoms with Crippen molar-refractivity contribution in [2.45, 2.75) is 45.8 Å². The van der Waals surface area contributed by atoms with Crippen molar-refractivity contribution in [1.29, 1.82) is 0 Å². The van der Waals surface area contributed by atoms with Gasteiger partial charge in [0, 0.05) is 57.8 Å². The van der Waals surface area contributed by atoms with Crippen molar-refractivity contribution in [3.63, 3.8) is 0 Å². The Kier molecular flexibility index (Phi) is 6.86. The van der Waals surface area contributed by atoms with Crippen LogP contribution in [0.3, 0.4) is 0 Å². The monoisotopic (exact) mass is 457 g/mol. The van der Waals surface area contributed by atoms with E-state index in [9.17, 15) is 4.79 Å². The summed E-state index contributed by atoms with van der Waals surface area (Å²) in [4.78, 5) is 28.1. The fourth-order valence-corrected chi connectivity index (χ4v) is 4.47. The number of carbonyl (C=O) groups excluding carboxylic acids is 1. The number of benzene rings is 1. The van der Waals surface area contributed by atoms with Gasteiger partial charge in [-0.1, -0.05) is 30.3 Å². The van der Waals surface area contributed by atoms with E-state index in [1.54, 1.807) is 4.90 Å². The predicted molar refractivity (Wildman–Crippen MR) is 126 cm³/mol. The zero-order valence-electron chi connectivity index (χ0n) is 19.2. The molecule has 0 aliphatic carbocycles. The highest BCUT2D eigenvalue weighted by atomic mass is 35.5. The molecule has 4 rings (SSSR count). The average Bonchev–Trinajstić information content (AvgIpc) is 2.95. The second-order valence-electron chi connectivity index (χ2n) is 9.46. The first kappa shape index (κ1) is 22.8. The SMILES string of the molecule is CC(C)(C)OC(=O)N1CCN(c2nc(Cl)nc3c2CCN(Cc2ccccc2)CC3)CC1. The summed E-state index contributed by atoms with van der Waals surface area (Å²) in [5.74, 6) is 0.922. The highest BCUT2D eigenvalue weighted by Gasteiger charge is 2.29. The molecule has 2 aromatic rings. The molecule has 0 saturated carbocycles. The first-order valence-electron chi connectivity index (χ1n) is 11.3. The van der Waals surface area contributed by atoms with Crippen LogP contribution in [0.25, 0.3) is 0 Å². The van der Waals surface area contributed by atoms with Crippen molar-refractivity contribution in [2.75, 3.05) is 44.2 Å². The highest BCUT2D eigenvalue weighted by molar-refractivity contribution is 6.28. The van der Waals surface area contributed by atoms with Gasteiger partial charge in [-0.2, -0.15) is 0 Å². The number of carbonyl (C=O) groups is 1. The van der Waals surface area contributed by atoms with Gasteiger partial charge in [0.2, 0.25) is 5.28 Å². The molecule has 1 aromatic heterocycles. The topological polar surface area (TPSA) is 61.8 Å². The summed E-state index contributed by atoms with van der Waals surface area (Å²) < 4.78 is 5.52. The number of anilines is 1. The zero-order chi connectivity index (χ0) is 22.7. The lowest BCUT2D eigenvalue weighted by Crippen LogP contribution is -2.50. The van der Waals surface area contributed by atoms with Crippen LogP contribution in [0.15, 0.2) is 30.3 Å². The standard InChI is InChI=1S/C24H32ClN5O2/c1-24(2,3)32-23(31)30-15-13-29(14-16-30)21-19-9-11-28(17-18-7-5-4-6-8-18)12-10-20(19)26-22(25)27-21/h4-8H,9-17H2,1-3H3. The number of fused-ring (bicyclic) bond motifs is 1. The fraction of sp³-hybridized carbons (Fsp3) is 0.542. The Morgan fingerprint density at radius 2 is 1.69 bits per heavy atom. The summed E-state index contributed by atoms with van der Waals surface area (Å²) in [5.41, 5.74) is 3.07. The van der Waals surface area contributed by atoms with Crippen LogP contribution in [0.4, 0.5) is 10.6 Å². The van der Waals surface area contributed by atoms with Crippen LogP contribution >= 0.6 is 11.6 Å². The van der Waals surface area contributed by atoms with Crippen LogP contribution in [0.1, 0.15) is 37.6 Å². The first-order chi connectivity index (χ1) is 15.3. The maximum Gasteiger partial charge on any atom is 0.410 e. The van der Waals surface area contributed by atoms with Gasteiger partial charge in [-0.05, 0) is 44.4 Å². The molecule has 0 N–H and O–H groups in total. The summed E-state index contributed by atoms with van der Waals surface area (Å²) >= 11 is 6.33. The van der Waals surface area contributed by atoms with E-state index in [0.717, 1.165) is 44.0 Å². The number of amides is 1. The van der Waals surface area contributed by atoms with Crippen LogP contribution < -0.4 is 4.90 Å². The lowest BCUT2D eigenvalue weighted by Gasteiger charge is -2.37. The molecule has 1 amide bonds. The molecular weight excluding hydrogens is 426 g/mol. The molecule has 8 heteroatoms. The van der Waals surface area contributed by atoms with Crippen molar-refractivity contribution >= 4 is 23.5 Å². The molecule has 1 saturated heterocycles. The van der Waals surface area contributed by atoms with Gasteiger partial charge in [-0.25, -0.2) is 14.8 Å². The highest BCUT2D eigenvalue weighted by Crippen LogP contribution is 2.27. The molecule has 0 bridgehead atoms. The predicted octanol–water partition coefficient (Wildman–Crippen LogP) is 3.79. The van der Waals surface area contributed by atoms with Crippen molar-refractivity contribution in [3.05, 3.63) is 52.4 Å². The number of piperazine rings is 1. The second kappa shape index (κ2) is 9.63. The Balaban J connectivity index is 1.44. The third-order valence-electron chi connectivity index (χ3n) is 5.87. The van der Waals surface area contributed by atoms with Crippen LogP contribution in [-0.2, 0) is 24.1 Å². The van der Waals surface area contributed by atoms with Crippen molar-refractivity contribution in [2.24, 2.45) is 0 Å². The molecule has 1 fully saturated rings. The summed E-state index contributed by atoms with van der Waals surface area (Å²) in [6.07, 6.45) is 1.49. The first-order valence-corrected chi connectivity index (χ1v) is 11.7. The quantitative estimate of drug-likeness (QED) is 0.653. The van der Waals surface area contributed by atoms with Gasteiger partial charge in [0.1, 0.15) is 11.4 Å². The summed E-state index contributed by atoms with van der Waals surface area (Å²) in [5, 5.41) is 0.296. The Bertz CT molecular complexity index is 939. The number of hydrogen-bond acceptors (Lipinski definition) is 6. The molecule has 2 aliphatic rings. The van der Waals surface area contributed by atoms with Gasteiger partial charge >= 0.3 is 6.09 Å². The normalized spacial score (nSPS) is 17.6. The maximum absolute atomic E-state index is 12.4. The van der Waals surface area contributed by atoms with E-state index in [-0.39, 0.29) is 6.09 Å². The minimum absolute atomic E-state index is 0.256. The zero-order valence-corrected chi connectivity index (χ0v) is 19.9. The van der Waals surface area contributed by atoms with E-state index in [1.807, 2.05) is 26.8 Å². The van der Waals surface area contributed by atoms with Crippen LogP contribution in [0.5, 0.6) is 0 Å². The van der Waals surface area contributed by atoms with E-state index in [2.05, 4.69) is 44.0 Å². The van der Waals surface area contributed by atoms with E-state index < -0.39 is 5.60 Å². The number of ether oxygens (including phenoxy) is 1. The van der Waals surface area contributed by atoms with E-state index in [0.29, 0.717) is 31.5 Å². The van der Waals surface area contributed by atoms with Crippen molar-refractivity contribution in [3.8, 4) is 0 Å². The maximum atomic E-state index is 12.4. The summed E-state index contributed by atoms with van der Waals surface area (Å²) in [6.45, 7) is 11.1. The fourth-order valence-electron chi connectivity index (χ4n) is 4.28. The molecule has 2 aliphatic heterocycles. The minimum Gasteiger partial charge on any atom is -0.444 e. The Hall–Kier alpha value is -2.38. The molecule has 0 atom stereocenters. The molecule has 32 heavy (non-hydrogen) atoms. The minimum atomic E-state index is -0.489. The number of rotatable bonds is 3. The molecule has 1 aromatic carbocycles. The third kappa shape index (κ3) is 5.70. The number of halogens is 1. The molecule has 0 radical (unpaired) electrons. The van der Waals surface area contributed by atoms with Gasteiger partial charge < -0.3 is 14.5 Å². The van der Waals surface area contributed by atoms with Crippen LogP contribution in [0, 0.1) is 0 Å². The molecule has 0 unspecified atom stereocenters. The lowest BCUT2D eigenvalue weighted by molar-refractivity contribution is 0.0240. The largest absolute Gasteiger partial charge is 0.444 e. The Morgan fingerprint density at radius 3 is 2.38 bits per heavy atom. The second-order valence-corrected chi connectivity index (χ2v) is 9.80. The van der Waals surface area contributed by atoms with E-state index >= 15 is 0 Å². The van der Waals surface area contributed by atoms with Gasteiger partial charge in [0.05, 0.1) is 5.69 Å². The molecule has 7 nitrogen and oxygen atoms in total. The van der Waals surface area contributed by atoms with Crippen molar-refractivity contribution < 1.29 is 9.53 Å². The Morgan fingerprint density at radius 1 is 1.00 bits per heavy atom. The number of nitrogens with zero attached hydrogens (tertiary/aromatic N) is 5. The van der Waals surface area contributed by atoms with E-state index in [1.165, 1.54) is 11.1 Å². The van der Waals surface area contributed by atoms with Crippen molar-refractivity contribution in [1.82, 2.24) is 19.8 Å². The van der Waals surface area contributed by atoms with Gasteiger partial charge in [-0.15, -0.1) is 0 Å². The Labute approximate surface area is 195 Å². The molecule has 3 heterocycles. The molecular formula is C24H32ClN5O2.